The fraction of sp³-hybridized carbons (Fsp3) is 0.500. The minimum atomic E-state index is -3.89. The molecule has 4 aliphatic rings. The molecule has 3 N–H and O–H groups in total. The van der Waals surface area contributed by atoms with Gasteiger partial charge in [0.05, 0.1) is 40.4 Å². The normalized spacial score (nSPS) is 26.2. The smallest absolute Gasteiger partial charge is 0.262 e. The van der Waals surface area contributed by atoms with Gasteiger partial charge >= 0.3 is 0 Å². The average Bonchev–Trinajstić information content (AvgIpc) is 4.04. The zero-order chi connectivity index (χ0) is 39.1. The summed E-state index contributed by atoms with van der Waals surface area (Å²) in [6.07, 6.45) is 6.56. The number of nitrogens with zero attached hydrogens (tertiary/aromatic N) is 2. The van der Waals surface area contributed by atoms with Crippen LogP contribution in [0.5, 0.6) is 17.4 Å². The first-order valence-corrected chi connectivity index (χ1v) is 21.7. The molecule has 1 aromatic carbocycles. The molecule has 4 amide bonds. The van der Waals surface area contributed by atoms with E-state index in [1.807, 2.05) is 32.1 Å². The van der Waals surface area contributed by atoms with Gasteiger partial charge < -0.3 is 29.7 Å². The largest absolute Gasteiger partial charge is 0.495 e. The van der Waals surface area contributed by atoms with Crippen LogP contribution in [0, 0.1) is 12.8 Å². The van der Waals surface area contributed by atoms with Crippen molar-refractivity contribution in [1.29, 1.82) is 0 Å². The van der Waals surface area contributed by atoms with Crippen molar-refractivity contribution in [2.75, 3.05) is 20.3 Å². The highest BCUT2D eigenvalue weighted by Crippen LogP contribution is 2.46. The molecular formula is C38H44BrN5O9S2. The predicted octanol–water partition coefficient (Wildman–Crippen LogP) is 4.53. The minimum Gasteiger partial charge on any atom is -0.495 e. The zero-order valence-electron chi connectivity index (χ0n) is 30.8. The Labute approximate surface area is 331 Å². The number of pyridine rings is 1. The summed E-state index contributed by atoms with van der Waals surface area (Å²) < 4.78 is 46.4. The minimum absolute atomic E-state index is 0.00883. The van der Waals surface area contributed by atoms with Crippen molar-refractivity contribution in [3.05, 3.63) is 56.7 Å². The molecule has 1 saturated heterocycles. The summed E-state index contributed by atoms with van der Waals surface area (Å²) in [6.45, 7) is 4.07. The van der Waals surface area contributed by atoms with Gasteiger partial charge in [0.2, 0.25) is 27.7 Å². The number of fused-ring (bicyclic) bond motifs is 3. The van der Waals surface area contributed by atoms with Crippen LogP contribution in [0.15, 0.2) is 47.0 Å². The second kappa shape index (κ2) is 15.7. The van der Waals surface area contributed by atoms with Crippen molar-refractivity contribution >= 4 is 71.8 Å². The van der Waals surface area contributed by atoms with Crippen molar-refractivity contribution in [3.63, 3.8) is 0 Å². The first-order valence-electron chi connectivity index (χ1n) is 18.5. The van der Waals surface area contributed by atoms with E-state index in [0.29, 0.717) is 82.8 Å². The number of aryl methyl sites for hydroxylation is 1. The molecule has 0 unspecified atom stereocenters. The average molecular weight is 859 g/mol. The summed E-state index contributed by atoms with van der Waals surface area (Å²) in [5.74, 6) is -1.40. The number of hydrogen-bond acceptors (Lipinski definition) is 11. The summed E-state index contributed by atoms with van der Waals surface area (Å²) in [5.41, 5.74) is -0.976. The number of hydrogen-bond donors (Lipinski definition) is 3. The van der Waals surface area contributed by atoms with Crippen LogP contribution in [0.3, 0.4) is 0 Å². The number of carbonyl (C=O) groups excluding carboxylic acids is 4. The van der Waals surface area contributed by atoms with Crippen molar-refractivity contribution in [3.8, 4) is 17.4 Å². The van der Waals surface area contributed by atoms with Crippen molar-refractivity contribution in [2.45, 2.75) is 94.2 Å². The standard InChI is InChI=1S/C38H44BrN5O9S2/c1-4-52-31-18-29(25-14-15-28(51-3)32(39)33(25)41-31)53-23-17-27-34(45)42-38(37(48)43-55(49,50)24-12-13-24)19-22(38)9-7-5-6-8-10-26(36(47)44(27)20-23)40-35(46)30-16-11-21(2)54-30/h7,9,11,14-16,18,22-24,26-27H,4-6,8,10,12-13,17,19-20H2,1-3H3,(H,40,46)(H,42,45)(H,43,48)/b9-7-/t22-,23-,26+,27+,38-/m1/s1. The summed E-state index contributed by atoms with van der Waals surface area (Å²) in [6, 6.07) is 6.73. The first kappa shape index (κ1) is 39.0. The summed E-state index contributed by atoms with van der Waals surface area (Å²) in [7, 11) is -2.35. The third-order valence-corrected chi connectivity index (χ3v) is 14.1. The predicted molar refractivity (Wildman–Crippen MR) is 209 cm³/mol. The lowest BCUT2D eigenvalue weighted by Gasteiger charge is -2.30. The lowest BCUT2D eigenvalue weighted by atomic mass is 10.0. The molecule has 2 aromatic heterocycles. The summed E-state index contributed by atoms with van der Waals surface area (Å²) >= 11 is 4.90. The van der Waals surface area contributed by atoms with Crippen LogP contribution < -0.4 is 29.6 Å². The molecule has 0 radical (unpaired) electrons. The molecule has 0 spiro atoms. The van der Waals surface area contributed by atoms with Gasteiger partial charge in [0, 0.05) is 28.7 Å². The number of carbonyl (C=O) groups is 4. The Kier molecular flexibility index (Phi) is 11.2. The van der Waals surface area contributed by atoms with E-state index in [1.165, 1.54) is 16.2 Å². The van der Waals surface area contributed by atoms with Crippen LogP contribution in [0.25, 0.3) is 10.9 Å². The number of aromatic nitrogens is 1. The highest BCUT2D eigenvalue weighted by Gasteiger charge is 2.62. The van der Waals surface area contributed by atoms with E-state index >= 15 is 0 Å². The van der Waals surface area contributed by atoms with Gasteiger partial charge in [-0.1, -0.05) is 18.6 Å². The maximum atomic E-state index is 14.6. The van der Waals surface area contributed by atoms with Crippen LogP contribution in [-0.4, -0.2) is 91.2 Å². The number of halogens is 1. The van der Waals surface area contributed by atoms with Crippen LogP contribution in [0.4, 0.5) is 0 Å². The third-order valence-electron chi connectivity index (χ3n) is 10.5. The number of allylic oxidation sites excluding steroid dienone is 1. The number of amides is 4. The summed E-state index contributed by atoms with van der Waals surface area (Å²) in [4.78, 5) is 63.7. The Morgan fingerprint density at radius 1 is 1.13 bits per heavy atom. The molecule has 5 atom stereocenters. The molecule has 0 bridgehead atoms. The molecule has 14 nitrogen and oxygen atoms in total. The molecule has 4 heterocycles. The van der Waals surface area contributed by atoms with Gasteiger partial charge in [0.15, 0.2) is 0 Å². The van der Waals surface area contributed by atoms with E-state index < -0.39 is 62.6 Å². The molecular weight excluding hydrogens is 814 g/mol. The third kappa shape index (κ3) is 8.19. The quantitative estimate of drug-likeness (QED) is 0.245. The number of methoxy groups -OCH3 is 1. The van der Waals surface area contributed by atoms with E-state index in [4.69, 9.17) is 14.2 Å². The maximum Gasteiger partial charge on any atom is 0.262 e. The number of nitrogens with one attached hydrogen (secondary N) is 3. The fourth-order valence-electron chi connectivity index (χ4n) is 7.30. The van der Waals surface area contributed by atoms with Crippen molar-refractivity contribution < 1.29 is 41.8 Å². The van der Waals surface area contributed by atoms with Gasteiger partial charge in [-0.05, 0) is 92.6 Å². The van der Waals surface area contributed by atoms with E-state index in [2.05, 4.69) is 36.3 Å². The molecule has 294 valence electrons. The van der Waals surface area contributed by atoms with Gasteiger partial charge in [-0.25, -0.2) is 13.4 Å². The molecule has 17 heteroatoms. The molecule has 2 saturated carbocycles. The molecule has 55 heavy (non-hydrogen) atoms. The molecule has 2 aliphatic carbocycles. The number of ether oxygens (including phenoxy) is 3. The molecule has 3 aromatic rings. The highest BCUT2D eigenvalue weighted by molar-refractivity contribution is 9.10. The number of thiophene rings is 1. The van der Waals surface area contributed by atoms with Crippen molar-refractivity contribution in [2.24, 2.45) is 5.92 Å². The Morgan fingerprint density at radius 3 is 2.64 bits per heavy atom. The van der Waals surface area contributed by atoms with E-state index in [9.17, 15) is 27.6 Å². The Hall–Kier alpha value is -4.22. The Bertz CT molecular complexity index is 2160. The Balaban J connectivity index is 1.22. The summed E-state index contributed by atoms with van der Waals surface area (Å²) in [5, 5.41) is 5.83. The monoisotopic (exact) mass is 857 g/mol. The topological polar surface area (TPSA) is 182 Å². The molecule has 7 rings (SSSR count). The zero-order valence-corrected chi connectivity index (χ0v) is 34.0. The van der Waals surface area contributed by atoms with Gasteiger partial charge in [-0.15, -0.1) is 11.3 Å². The van der Waals surface area contributed by atoms with E-state index in [1.54, 1.807) is 31.4 Å². The van der Waals surface area contributed by atoms with Crippen LogP contribution in [0.2, 0.25) is 0 Å². The molecule has 3 fully saturated rings. The van der Waals surface area contributed by atoms with Crippen LogP contribution >= 0.6 is 27.3 Å². The highest BCUT2D eigenvalue weighted by atomic mass is 79.9. The van der Waals surface area contributed by atoms with Gasteiger partial charge in [0.25, 0.3) is 11.8 Å². The van der Waals surface area contributed by atoms with Crippen molar-refractivity contribution in [1.82, 2.24) is 25.2 Å². The van der Waals surface area contributed by atoms with E-state index in [0.717, 1.165) is 4.88 Å². The van der Waals surface area contributed by atoms with Crippen LogP contribution in [-0.2, 0) is 24.4 Å². The Morgan fingerprint density at radius 2 is 1.93 bits per heavy atom. The molecule has 2 aliphatic heterocycles. The van der Waals surface area contributed by atoms with Gasteiger partial charge in [-0.2, -0.15) is 0 Å². The van der Waals surface area contributed by atoms with Gasteiger partial charge in [0.1, 0.15) is 35.2 Å². The fourth-order valence-corrected chi connectivity index (χ4v) is 10.0. The van der Waals surface area contributed by atoms with E-state index in [-0.39, 0.29) is 25.3 Å². The number of benzene rings is 1. The number of sulfonamides is 1. The lowest BCUT2D eigenvalue weighted by Crippen LogP contribution is -2.58. The maximum absolute atomic E-state index is 14.6. The SMILES string of the molecule is CCOc1cc(O[C@@H]2C[C@H]3C(=O)N[C@]4(C(=O)NS(=O)(=O)C5CC5)C[C@H]4/C=C\CCCC[C@H](NC(=O)c4ccc(C)s4)C(=O)N3C2)c2ccc(OC)c(Br)c2n1. The lowest BCUT2D eigenvalue weighted by molar-refractivity contribution is -0.141. The van der Waals surface area contributed by atoms with Gasteiger partial charge in [-0.3, -0.25) is 23.9 Å². The second-order valence-corrected chi connectivity index (χ2v) is 18.5. The first-order chi connectivity index (χ1) is 26.3. The number of rotatable bonds is 10. The second-order valence-electron chi connectivity index (χ2n) is 14.4. The van der Waals surface area contributed by atoms with Crippen LogP contribution in [0.1, 0.15) is 72.8 Å².